The molecular formula is C15H21ClN2O3. The van der Waals surface area contributed by atoms with Gasteiger partial charge in [-0.25, -0.2) is 4.79 Å². The van der Waals surface area contributed by atoms with E-state index in [0.29, 0.717) is 24.5 Å². The first-order chi connectivity index (χ1) is 9.90. The van der Waals surface area contributed by atoms with Gasteiger partial charge in [-0.05, 0) is 24.0 Å². The molecule has 0 saturated carbocycles. The van der Waals surface area contributed by atoms with Crippen molar-refractivity contribution >= 4 is 23.6 Å². The lowest BCUT2D eigenvalue weighted by Gasteiger charge is -2.20. The lowest BCUT2D eigenvalue weighted by molar-refractivity contribution is -0.137. The Bertz CT molecular complexity index is 494. The molecule has 0 saturated heterocycles. The Morgan fingerprint density at radius 1 is 1.38 bits per heavy atom. The van der Waals surface area contributed by atoms with Gasteiger partial charge in [-0.3, -0.25) is 4.79 Å². The number of rotatable bonds is 7. The van der Waals surface area contributed by atoms with Crippen LogP contribution in [0.5, 0.6) is 0 Å². The van der Waals surface area contributed by atoms with Gasteiger partial charge < -0.3 is 15.3 Å². The van der Waals surface area contributed by atoms with Crippen LogP contribution in [0.4, 0.5) is 4.79 Å². The number of hydrogen-bond donors (Lipinski definition) is 2. The van der Waals surface area contributed by atoms with Crippen LogP contribution in [-0.4, -0.2) is 35.6 Å². The summed E-state index contributed by atoms with van der Waals surface area (Å²) in [6.07, 6.45) is 0.663. The van der Waals surface area contributed by atoms with E-state index in [4.69, 9.17) is 16.7 Å². The summed E-state index contributed by atoms with van der Waals surface area (Å²) in [5.74, 6) is -0.692. The normalized spacial score (nSPS) is 11.8. The maximum Gasteiger partial charge on any atom is 0.317 e. The standard InChI is InChI=1S/C15H21ClN2O3/c1-11(7-8-14(19)20)9-17-15(21)18(2)10-12-5-3-4-6-13(12)16/h3-6,11H,7-10H2,1-2H3,(H,17,21)(H,19,20). The van der Waals surface area contributed by atoms with Gasteiger partial charge in [-0.15, -0.1) is 0 Å². The Balaban J connectivity index is 2.38. The molecule has 1 aromatic carbocycles. The van der Waals surface area contributed by atoms with Crippen molar-refractivity contribution in [2.45, 2.75) is 26.3 Å². The molecule has 5 nitrogen and oxygen atoms in total. The summed E-state index contributed by atoms with van der Waals surface area (Å²) in [4.78, 5) is 24.0. The molecular weight excluding hydrogens is 292 g/mol. The molecule has 1 unspecified atom stereocenters. The molecule has 116 valence electrons. The molecule has 6 heteroatoms. The molecule has 0 spiro atoms. The van der Waals surface area contributed by atoms with Crippen molar-refractivity contribution in [2.24, 2.45) is 5.92 Å². The topological polar surface area (TPSA) is 69.6 Å². The predicted octanol–water partition coefficient (Wildman–Crippen LogP) is 2.98. The monoisotopic (exact) mass is 312 g/mol. The molecule has 0 aliphatic carbocycles. The van der Waals surface area contributed by atoms with Crippen molar-refractivity contribution < 1.29 is 14.7 Å². The third-order valence-electron chi connectivity index (χ3n) is 3.16. The number of carboxylic acid groups (broad SMARTS) is 1. The van der Waals surface area contributed by atoms with Crippen LogP contribution in [0.15, 0.2) is 24.3 Å². The number of halogens is 1. The van der Waals surface area contributed by atoms with E-state index in [2.05, 4.69) is 5.32 Å². The fourth-order valence-electron chi connectivity index (χ4n) is 1.82. The van der Waals surface area contributed by atoms with Crippen LogP contribution in [0.1, 0.15) is 25.3 Å². The Morgan fingerprint density at radius 3 is 2.67 bits per heavy atom. The third-order valence-corrected chi connectivity index (χ3v) is 3.53. The number of nitrogens with one attached hydrogen (secondary N) is 1. The fourth-order valence-corrected chi connectivity index (χ4v) is 2.02. The van der Waals surface area contributed by atoms with Gasteiger partial charge in [0, 0.05) is 31.6 Å². The highest BCUT2D eigenvalue weighted by molar-refractivity contribution is 6.31. The van der Waals surface area contributed by atoms with Crippen molar-refractivity contribution in [1.29, 1.82) is 0 Å². The molecule has 1 rings (SSSR count). The van der Waals surface area contributed by atoms with Gasteiger partial charge in [0.1, 0.15) is 0 Å². The van der Waals surface area contributed by atoms with E-state index in [-0.39, 0.29) is 18.4 Å². The Hall–Kier alpha value is -1.75. The smallest absolute Gasteiger partial charge is 0.317 e. The van der Waals surface area contributed by atoms with Gasteiger partial charge >= 0.3 is 12.0 Å². The van der Waals surface area contributed by atoms with Crippen molar-refractivity contribution in [3.05, 3.63) is 34.9 Å². The first kappa shape index (κ1) is 17.3. The predicted molar refractivity (Wildman–Crippen MR) is 82.4 cm³/mol. The first-order valence-corrected chi connectivity index (χ1v) is 7.22. The average Bonchev–Trinajstić information content (AvgIpc) is 2.44. The molecule has 0 aliphatic heterocycles. The van der Waals surface area contributed by atoms with E-state index < -0.39 is 5.97 Å². The van der Waals surface area contributed by atoms with Crippen molar-refractivity contribution in [1.82, 2.24) is 10.2 Å². The number of aliphatic carboxylic acids is 1. The van der Waals surface area contributed by atoms with E-state index in [9.17, 15) is 9.59 Å². The number of amides is 2. The van der Waals surface area contributed by atoms with E-state index in [1.54, 1.807) is 18.0 Å². The highest BCUT2D eigenvalue weighted by Gasteiger charge is 2.12. The minimum absolute atomic E-state index is 0.118. The molecule has 0 radical (unpaired) electrons. The molecule has 0 bridgehead atoms. The van der Waals surface area contributed by atoms with Gasteiger partial charge in [0.2, 0.25) is 0 Å². The number of hydrogen-bond acceptors (Lipinski definition) is 2. The van der Waals surface area contributed by atoms with Crippen molar-refractivity contribution in [2.75, 3.05) is 13.6 Å². The maximum absolute atomic E-state index is 12.0. The lowest BCUT2D eigenvalue weighted by Crippen LogP contribution is -2.39. The quantitative estimate of drug-likeness (QED) is 0.813. The Labute approximate surface area is 129 Å². The second kappa shape index (κ2) is 8.52. The molecule has 21 heavy (non-hydrogen) atoms. The van der Waals surface area contributed by atoms with Gasteiger partial charge in [0.25, 0.3) is 0 Å². The summed E-state index contributed by atoms with van der Waals surface area (Å²) >= 11 is 6.06. The molecule has 0 aliphatic rings. The summed E-state index contributed by atoms with van der Waals surface area (Å²) < 4.78 is 0. The van der Waals surface area contributed by atoms with Crippen LogP contribution >= 0.6 is 11.6 Å². The third kappa shape index (κ3) is 6.49. The highest BCUT2D eigenvalue weighted by atomic mass is 35.5. The molecule has 1 aromatic rings. The van der Waals surface area contributed by atoms with Crippen LogP contribution in [-0.2, 0) is 11.3 Å². The summed E-state index contributed by atoms with van der Waals surface area (Å²) in [5.41, 5.74) is 0.885. The van der Waals surface area contributed by atoms with Crippen LogP contribution in [0, 0.1) is 5.92 Å². The number of urea groups is 1. The minimum Gasteiger partial charge on any atom is -0.481 e. The van der Waals surface area contributed by atoms with Crippen molar-refractivity contribution in [3.8, 4) is 0 Å². The van der Waals surface area contributed by atoms with Crippen LogP contribution in [0.25, 0.3) is 0 Å². The van der Waals surface area contributed by atoms with Crippen LogP contribution in [0.3, 0.4) is 0 Å². The lowest BCUT2D eigenvalue weighted by atomic mass is 10.1. The zero-order chi connectivity index (χ0) is 15.8. The highest BCUT2D eigenvalue weighted by Crippen LogP contribution is 2.16. The summed E-state index contributed by atoms with van der Waals surface area (Å²) in [5, 5.41) is 12.0. The number of benzene rings is 1. The summed E-state index contributed by atoms with van der Waals surface area (Å²) in [6.45, 7) is 2.80. The zero-order valence-corrected chi connectivity index (χ0v) is 13.1. The van der Waals surface area contributed by atoms with E-state index in [1.807, 2.05) is 25.1 Å². The van der Waals surface area contributed by atoms with Gasteiger partial charge in [0.05, 0.1) is 0 Å². The van der Waals surface area contributed by atoms with Crippen LogP contribution in [0.2, 0.25) is 5.02 Å². The second-order valence-electron chi connectivity index (χ2n) is 5.17. The molecule has 0 fully saturated rings. The molecule has 2 amide bonds. The summed E-state index contributed by atoms with van der Waals surface area (Å²) in [6, 6.07) is 7.19. The Kier molecular flexibility index (Phi) is 7.02. The summed E-state index contributed by atoms with van der Waals surface area (Å²) in [7, 11) is 1.70. The SMILES string of the molecule is CC(CCC(=O)O)CNC(=O)N(C)Cc1ccccc1Cl. The van der Waals surface area contributed by atoms with E-state index in [0.717, 1.165) is 5.56 Å². The minimum atomic E-state index is -0.816. The molecule has 1 atom stereocenters. The number of nitrogens with zero attached hydrogens (tertiary/aromatic N) is 1. The number of carbonyl (C=O) groups is 2. The van der Waals surface area contributed by atoms with Gasteiger partial charge in [-0.2, -0.15) is 0 Å². The van der Waals surface area contributed by atoms with E-state index >= 15 is 0 Å². The number of carboxylic acids is 1. The largest absolute Gasteiger partial charge is 0.481 e. The van der Waals surface area contributed by atoms with Crippen molar-refractivity contribution in [3.63, 3.8) is 0 Å². The molecule has 0 aromatic heterocycles. The second-order valence-corrected chi connectivity index (χ2v) is 5.58. The first-order valence-electron chi connectivity index (χ1n) is 6.84. The van der Waals surface area contributed by atoms with Gasteiger partial charge in [0.15, 0.2) is 0 Å². The zero-order valence-electron chi connectivity index (χ0n) is 12.3. The van der Waals surface area contributed by atoms with E-state index in [1.165, 1.54) is 0 Å². The fraction of sp³-hybridized carbons (Fsp3) is 0.467. The van der Waals surface area contributed by atoms with Crippen LogP contribution < -0.4 is 5.32 Å². The van der Waals surface area contributed by atoms with Gasteiger partial charge in [-0.1, -0.05) is 36.7 Å². The number of carbonyl (C=O) groups excluding carboxylic acids is 1. The molecule has 2 N–H and O–H groups in total. The Morgan fingerprint density at radius 2 is 2.05 bits per heavy atom. The average molecular weight is 313 g/mol. The maximum atomic E-state index is 12.0. The molecule has 0 heterocycles.